The summed E-state index contributed by atoms with van der Waals surface area (Å²) in [6.45, 7) is 8.13. The minimum atomic E-state index is -1.18. The van der Waals surface area contributed by atoms with Crippen molar-refractivity contribution in [3.8, 4) is 22.6 Å². The van der Waals surface area contributed by atoms with Crippen LogP contribution in [0.25, 0.3) is 11.1 Å². The second-order valence-corrected chi connectivity index (χ2v) is 10.2. The first kappa shape index (κ1) is 27.1. The summed E-state index contributed by atoms with van der Waals surface area (Å²) in [6.07, 6.45) is 1.26. The van der Waals surface area contributed by atoms with Crippen LogP contribution >= 0.6 is 11.6 Å². The highest BCUT2D eigenvalue weighted by Crippen LogP contribution is 2.37. The molecule has 0 radical (unpaired) electrons. The number of aromatic nitrogens is 1. The number of carbonyl (C=O) groups excluding carboxylic acids is 1. The van der Waals surface area contributed by atoms with Gasteiger partial charge in [-0.3, -0.25) is 0 Å². The van der Waals surface area contributed by atoms with Gasteiger partial charge in [0.1, 0.15) is 22.7 Å². The van der Waals surface area contributed by atoms with Gasteiger partial charge in [-0.1, -0.05) is 29.8 Å². The lowest BCUT2D eigenvalue weighted by atomic mass is 10.0. The van der Waals surface area contributed by atoms with Crippen LogP contribution in [0.3, 0.4) is 0 Å². The third-order valence-electron chi connectivity index (χ3n) is 6.01. The van der Waals surface area contributed by atoms with Gasteiger partial charge in [-0.25, -0.2) is 14.6 Å². The molecule has 38 heavy (non-hydrogen) atoms. The predicted octanol–water partition coefficient (Wildman–Crippen LogP) is 5.99. The van der Waals surface area contributed by atoms with Crippen LogP contribution in [-0.4, -0.2) is 65.9 Å². The Balaban J connectivity index is 1.54. The molecule has 0 spiro atoms. The largest absolute Gasteiger partial charge is 0.478 e. The molecular formula is C28H31ClN4O5. The first-order valence-corrected chi connectivity index (χ1v) is 12.6. The maximum atomic E-state index is 12.4. The van der Waals surface area contributed by atoms with E-state index in [0.29, 0.717) is 37.7 Å². The summed E-state index contributed by atoms with van der Waals surface area (Å²) >= 11 is 6.12. The van der Waals surface area contributed by atoms with Crippen molar-refractivity contribution in [3.05, 3.63) is 65.3 Å². The summed E-state index contributed by atoms with van der Waals surface area (Å²) in [7, 11) is 1.77. The molecule has 1 aliphatic heterocycles. The van der Waals surface area contributed by atoms with Crippen molar-refractivity contribution < 1.29 is 24.2 Å². The van der Waals surface area contributed by atoms with Crippen molar-refractivity contribution in [2.24, 2.45) is 0 Å². The summed E-state index contributed by atoms with van der Waals surface area (Å²) in [5.74, 6) is -0.0143. The lowest BCUT2D eigenvalue weighted by Gasteiger charge is -2.36. The minimum absolute atomic E-state index is 0.0903. The van der Waals surface area contributed by atoms with E-state index in [2.05, 4.69) is 15.2 Å². The van der Waals surface area contributed by atoms with Gasteiger partial charge in [0.15, 0.2) is 5.75 Å². The van der Waals surface area contributed by atoms with E-state index in [4.69, 9.17) is 21.1 Å². The molecule has 2 N–H and O–H groups in total. The zero-order valence-corrected chi connectivity index (χ0v) is 22.6. The van der Waals surface area contributed by atoms with Crippen molar-refractivity contribution in [2.75, 3.05) is 43.4 Å². The summed E-state index contributed by atoms with van der Waals surface area (Å²) in [6, 6.07) is 14.5. The molecule has 0 bridgehead atoms. The van der Waals surface area contributed by atoms with Crippen molar-refractivity contribution in [3.63, 3.8) is 0 Å². The number of rotatable bonds is 6. The fourth-order valence-corrected chi connectivity index (χ4v) is 4.37. The standard InChI is InChI=1S/C28H31ClN4O5/c1-28(2,3)38-27(36)33-14-12-32(13-15-33)19-10-8-18(9-11-19)20-16-24(30-4)31-17-23(20)37-22-7-5-6-21(29)25(22)26(34)35/h5-11,16-17H,12-15H2,1-4H3,(H,30,31)(H,34,35). The number of carboxylic acid groups (broad SMARTS) is 1. The van der Waals surface area contributed by atoms with Crippen LogP contribution in [0.1, 0.15) is 31.1 Å². The van der Waals surface area contributed by atoms with E-state index in [-0.39, 0.29) is 22.4 Å². The van der Waals surface area contributed by atoms with E-state index in [1.807, 2.05) is 51.1 Å². The average molecular weight is 539 g/mol. The highest BCUT2D eigenvalue weighted by molar-refractivity contribution is 6.33. The van der Waals surface area contributed by atoms with Crippen LogP contribution in [0.15, 0.2) is 54.7 Å². The third kappa shape index (κ3) is 6.28. The predicted molar refractivity (Wildman–Crippen MR) is 148 cm³/mol. The monoisotopic (exact) mass is 538 g/mol. The van der Waals surface area contributed by atoms with E-state index in [0.717, 1.165) is 16.8 Å². The number of ether oxygens (including phenoxy) is 2. The summed E-state index contributed by atoms with van der Waals surface area (Å²) < 4.78 is 11.5. The van der Waals surface area contributed by atoms with Gasteiger partial charge >= 0.3 is 12.1 Å². The van der Waals surface area contributed by atoms with Crippen LogP contribution in [0.2, 0.25) is 5.02 Å². The van der Waals surface area contributed by atoms with Crippen molar-refractivity contribution in [1.82, 2.24) is 9.88 Å². The van der Waals surface area contributed by atoms with E-state index < -0.39 is 11.6 Å². The first-order valence-electron chi connectivity index (χ1n) is 12.3. The number of benzene rings is 2. The molecule has 2 heterocycles. The van der Waals surface area contributed by atoms with Gasteiger partial charge in [0.2, 0.25) is 0 Å². The van der Waals surface area contributed by atoms with Gasteiger partial charge in [-0.2, -0.15) is 0 Å². The Kier molecular flexibility index (Phi) is 7.97. The molecule has 1 aliphatic rings. The van der Waals surface area contributed by atoms with Crippen molar-refractivity contribution in [2.45, 2.75) is 26.4 Å². The van der Waals surface area contributed by atoms with Crippen LogP contribution in [0.5, 0.6) is 11.5 Å². The van der Waals surface area contributed by atoms with Crippen LogP contribution in [0.4, 0.5) is 16.3 Å². The molecular weight excluding hydrogens is 508 g/mol. The van der Waals surface area contributed by atoms with Crippen LogP contribution in [0, 0.1) is 0 Å². The Labute approximate surface area is 226 Å². The maximum absolute atomic E-state index is 12.4. The van der Waals surface area contributed by atoms with Crippen LogP contribution < -0.4 is 15.0 Å². The number of amides is 1. The number of halogens is 1. The number of anilines is 2. The number of piperazine rings is 1. The van der Waals surface area contributed by atoms with Gasteiger partial charge in [0, 0.05) is 44.5 Å². The van der Waals surface area contributed by atoms with Gasteiger partial charge in [-0.15, -0.1) is 0 Å². The quantitative estimate of drug-likeness (QED) is 0.394. The van der Waals surface area contributed by atoms with Gasteiger partial charge < -0.3 is 29.7 Å². The topological polar surface area (TPSA) is 104 Å². The molecule has 3 aromatic rings. The Bertz CT molecular complexity index is 1320. The van der Waals surface area contributed by atoms with Gasteiger partial charge in [0.05, 0.1) is 11.2 Å². The number of nitrogens with one attached hydrogen (secondary N) is 1. The Morgan fingerprint density at radius 1 is 1.03 bits per heavy atom. The average Bonchev–Trinajstić information content (AvgIpc) is 2.88. The van der Waals surface area contributed by atoms with E-state index in [1.165, 1.54) is 6.07 Å². The van der Waals surface area contributed by atoms with Gasteiger partial charge in [0.25, 0.3) is 0 Å². The van der Waals surface area contributed by atoms with Crippen molar-refractivity contribution >= 4 is 35.2 Å². The zero-order chi connectivity index (χ0) is 27.4. The first-order chi connectivity index (χ1) is 18.1. The Morgan fingerprint density at radius 2 is 1.71 bits per heavy atom. The zero-order valence-electron chi connectivity index (χ0n) is 21.8. The second-order valence-electron chi connectivity index (χ2n) is 9.84. The summed E-state index contributed by atoms with van der Waals surface area (Å²) in [5.41, 5.74) is 2.01. The normalized spacial score (nSPS) is 13.7. The summed E-state index contributed by atoms with van der Waals surface area (Å²) in [5, 5.41) is 12.7. The molecule has 1 aromatic heterocycles. The molecule has 0 saturated carbocycles. The molecule has 0 aliphatic carbocycles. The number of carboxylic acids is 1. The second kappa shape index (κ2) is 11.2. The highest BCUT2D eigenvalue weighted by Gasteiger charge is 2.26. The van der Waals surface area contributed by atoms with E-state index in [9.17, 15) is 14.7 Å². The molecule has 1 saturated heterocycles. The fraction of sp³-hybridized carbons (Fsp3) is 0.321. The molecule has 1 fully saturated rings. The number of hydrogen-bond acceptors (Lipinski definition) is 7. The lowest BCUT2D eigenvalue weighted by molar-refractivity contribution is 0.0240. The molecule has 9 nitrogen and oxygen atoms in total. The number of carbonyl (C=O) groups is 2. The number of aromatic carboxylic acids is 1. The SMILES string of the molecule is CNc1cc(-c2ccc(N3CCN(C(=O)OC(C)(C)C)CC3)cc2)c(Oc2cccc(Cl)c2C(=O)O)cn1. The molecule has 200 valence electrons. The molecule has 0 unspecified atom stereocenters. The Hall–Kier alpha value is -3.98. The molecule has 2 aromatic carbocycles. The van der Waals surface area contributed by atoms with Gasteiger partial charge in [-0.05, 0) is 56.7 Å². The Morgan fingerprint density at radius 3 is 2.32 bits per heavy atom. The minimum Gasteiger partial charge on any atom is -0.478 e. The lowest BCUT2D eigenvalue weighted by Crippen LogP contribution is -2.50. The molecule has 10 heteroatoms. The van der Waals surface area contributed by atoms with E-state index in [1.54, 1.807) is 30.3 Å². The van der Waals surface area contributed by atoms with Crippen molar-refractivity contribution in [1.29, 1.82) is 0 Å². The fourth-order valence-electron chi connectivity index (χ4n) is 4.13. The highest BCUT2D eigenvalue weighted by atomic mass is 35.5. The molecule has 4 rings (SSSR count). The number of pyridine rings is 1. The maximum Gasteiger partial charge on any atom is 0.410 e. The number of nitrogens with zero attached hydrogens (tertiary/aromatic N) is 3. The number of hydrogen-bond donors (Lipinski definition) is 2. The third-order valence-corrected chi connectivity index (χ3v) is 6.32. The van der Waals surface area contributed by atoms with E-state index >= 15 is 0 Å². The smallest absolute Gasteiger partial charge is 0.410 e. The molecule has 1 amide bonds. The van der Waals surface area contributed by atoms with Crippen LogP contribution in [-0.2, 0) is 4.74 Å². The molecule has 0 atom stereocenters. The summed E-state index contributed by atoms with van der Waals surface area (Å²) in [4.78, 5) is 32.4.